The zero-order valence-corrected chi connectivity index (χ0v) is 15.0. The summed E-state index contributed by atoms with van der Waals surface area (Å²) in [7, 11) is 0. The number of rotatable bonds is 6. The second-order valence-corrected chi connectivity index (χ2v) is 6.54. The molecule has 0 saturated heterocycles. The molecule has 5 nitrogen and oxygen atoms in total. The monoisotopic (exact) mass is 350 g/mol. The summed E-state index contributed by atoms with van der Waals surface area (Å²) in [5, 5.41) is 2.85. The summed E-state index contributed by atoms with van der Waals surface area (Å²) in [5.41, 5.74) is 3.24. The van der Waals surface area contributed by atoms with Crippen LogP contribution in [-0.4, -0.2) is 29.2 Å². The van der Waals surface area contributed by atoms with Crippen LogP contribution in [0.5, 0.6) is 0 Å². The quantitative estimate of drug-likeness (QED) is 0.813. The minimum Gasteiger partial charge on any atom is -0.348 e. The third-order valence-electron chi connectivity index (χ3n) is 4.54. The summed E-state index contributed by atoms with van der Waals surface area (Å²) >= 11 is 0. The average molecular weight is 350 g/mol. The van der Waals surface area contributed by atoms with Crippen molar-refractivity contribution in [3.8, 4) is 0 Å². The number of nitrogens with one attached hydrogen (secondary N) is 1. The summed E-state index contributed by atoms with van der Waals surface area (Å²) in [6.45, 7) is 4.84. The van der Waals surface area contributed by atoms with Crippen LogP contribution in [0.3, 0.4) is 0 Å². The van der Waals surface area contributed by atoms with Crippen LogP contribution in [0.2, 0.25) is 0 Å². The van der Waals surface area contributed by atoms with Crippen LogP contribution >= 0.6 is 0 Å². The lowest BCUT2D eigenvalue weighted by Gasteiger charge is -2.12. The van der Waals surface area contributed by atoms with Crippen LogP contribution in [0.15, 0.2) is 42.5 Å². The van der Waals surface area contributed by atoms with Crippen LogP contribution in [0.25, 0.3) is 0 Å². The Morgan fingerprint density at radius 2 is 1.69 bits per heavy atom. The van der Waals surface area contributed by atoms with Crippen molar-refractivity contribution >= 4 is 17.7 Å². The van der Waals surface area contributed by atoms with Crippen LogP contribution in [0.4, 0.5) is 0 Å². The van der Waals surface area contributed by atoms with E-state index in [1.807, 2.05) is 38.1 Å². The molecule has 0 saturated carbocycles. The molecule has 0 aromatic heterocycles. The van der Waals surface area contributed by atoms with E-state index in [9.17, 15) is 14.4 Å². The molecule has 0 radical (unpaired) electrons. The number of amides is 3. The average Bonchev–Trinajstić information content (AvgIpc) is 2.89. The predicted molar refractivity (Wildman–Crippen MR) is 99.1 cm³/mol. The Bertz CT molecular complexity index is 856. The Kier molecular flexibility index (Phi) is 5.16. The highest BCUT2D eigenvalue weighted by Gasteiger charge is 2.35. The molecule has 0 unspecified atom stereocenters. The molecule has 0 fully saturated rings. The highest BCUT2D eigenvalue weighted by atomic mass is 16.2. The van der Waals surface area contributed by atoms with Crippen molar-refractivity contribution in [3.05, 3.63) is 70.3 Å². The van der Waals surface area contributed by atoms with Gasteiger partial charge in [0, 0.05) is 18.7 Å². The van der Waals surface area contributed by atoms with E-state index in [0.717, 1.165) is 24.0 Å². The molecular weight excluding hydrogens is 328 g/mol. The maximum Gasteiger partial charge on any atom is 0.261 e. The number of carbonyl (C=O) groups excluding carboxylic acids is 3. The molecule has 1 N–H and O–H groups in total. The molecule has 3 amide bonds. The smallest absolute Gasteiger partial charge is 0.261 e. The molecule has 1 heterocycles. The molecule has 134 valence electrons. The van der Waals surface area contributed by atoms with Crippen LogP contribution < -0.4 is 5.32 Å². The third kappa shape index (κ3) is 3.52. The Balaban J connectivity index is 1.72. The predicted octanol–water partition coefficient (Wildman–Crippen LogP) is 3.32. The number of carbonyl (C=O) groups is 3. The fourth-order valence-electron chi connectivity index (χ4n) is 2.94. The van der Waals surface area contributed by atoms with Crippen molar-refractivity contribution < 1.29 is 14.4 Å². The molecule has 1 aliphatic heterocycles. The van der Waals surface area contributed by atoms with Crippen molar-refractivity contribution in [3.63, 3.8) is 0 Å². The van der Waals surface area contributed by atoms with Gasteiger partial charge in [0.1, 0.15) is 0 Å². The van der Waals surface area contributed by atoms with Crippen LogP contribution in [0.1, 0.15) is 62.0 Å². The molecule has 0 bridgehead atoms. The van der Waals surface area contributed by atoms with Crippen molar-refractivity contribution in [2.75, 3.05) is 6.54 Å². The van der Waals surface area contributed by atoms with Gasteiger partial charge in [-0.1, -0.05) is 43.2 Å². The van der Waals surface area contributed by atoms with Gasteiger partial charge in [0.05, 0.1) is 11.1 Å². The minimum absolute atomic E-state index is 0.263. The van der Waals surface area contributed by atoms with Gasteiger partial charge in [0.25, 0.3) is 17.7 Å². The van der Waals surface area contributed by atoms with Gasteiger partial charge < -0.3 is 5.32 Å². The number of aryl methyl sites for hydroxylation is 1. The van der Waals surface area contributed by atoms with Gasteiger partial charge in [-0.2, -0.15) is 0 Å². The Morgan fingerprint density at radius 1 is 1.00 bits per heavy atom. The molecule has 3 rings (SSSR count). The molecule has 1 aliphatic rings. The molecule has 0 atom stereocenters. The van der Waals surface area contributed by atoms with Crippen LogP contribution in [-0.2, 0) is 6.54 Å². The lowest BCUT2D eigenvalue weighted by atomic mass is 10.1. The van der Waals surface area contributed by atoms with Crippen molar-refractivity contribution in [2.45, 2.75) is 33.2 Å². The number of imide groups is 1. The number of hydrogen-bond acceptors (Lipinski definition) is 3. The lowest BCUT2D eigenvalue weighted by molar-refractivity contribution is 0.0652. The number of nitrogens with zero attached hydrogens (tertiary/aromatic N) is 1. The first-order chi connectivity index (χ1) is 12.5. The van der Waals surface area contributed by atoms with E-state index in [4.69, 9.17) is 0 Å². The Labute approximate surface area is 153 Å². The summed E-state index contributed by atoms with van der Waals surface area (Å²) in [6, 6.07) is 12.6. The second-order valence-electron chi connectivity index (χ2n) is 6.54. The maximum absolute atomic E-state index is 12.5. The number of benzene rings is 2. The standard InChI is InChI=1S/C21H22N2O3/c1-3-4-11-23-20(25)17-10-9-16(12-18(17)21(23)26)19(24)22-13-15-7-5-14(2)6-8-15/h5-10,12H,3-4,11,13H2,1-2H3,(H,22,24). The summed E-state index contributed by atoms with van der Waals surface area (Å²) < 4.78 is 0. The maximum atomic E-state index is 12.5. The highest BCUT2D eigenvalue weighted by Crippen LogP contribution is 2.24. The van der Waals surface area contributed by atoms with Gasteiger partial charge >= 0.3 is 0 Å². The van der Waals surface area contributed by atoms with Gasteiger partial charge in [0.2, 0.25) is 0 Å². The number of fused-ring (bicyclic) bond motifs is 1. The minimum atomic E-state index is -0.313. The second kappa shape index (κ2) is 7.52. The zero-order chi connectivity index (χ0) is 18.7. The van der Waals surface area contributed by atoms with E-state index in [1.165, 1.54) is 11.0 Å². The Morgan fingerprint density at radius 3 is 2.38 bits per heavy atom. The van der Waals surface area contributed by atoms with Gasteiger partial charge in [-0.05, 0) is 37.1 Å². The van der Waals surface area contributed by atoms with E-state index < -0.39 is 0 Å². The van der Waals surface area contributed by atoms with Gasteiger partial charge in [-0.15, -0.1) is 0 Å². The molecule has 5 heteroatoms. The van der Waals surface area contributed by atoms with Crippen molar-refractivity contribution in [1.82, 2.24) is 10.2 Å². The van der Waals surface area contributed by atoms with Crippen molar-refractivity contribution in [1.29, 1.82) is 0 Å². The van der Waals surface area contributed by atoms with E-state index in [1.54, 1.807) is 12.1 Å². The number of unbranched alkanes of at least 4 members (excludes halogenated alkanes) is 1. The van der Waals surface area contributed by atoms with Crippen LogP contribution in [0, 0.1) is 6.92 Å². The topological polar surface area (TPSA) is 66.5 Å². The molecule has 0 aliphatic carbocycles. The SMILES string of the molecule is CCCCN1C(=O)c2ccc(C(=O)NCc3ccc(C)cc3)cc2C1=O. The largest absolute Gasteiger partial charge is 0.348 e. The first-order valence-electron chi connectivity index (χ1n) is 8.85. The summed E-state index contributed by atoms with van der Waals surface area (Å²) in [6.07, 6.45) is 1.68. The van der Waals surface area contributed by atoms with Gasteiger partial charge in [-0.25, -0.2) is 0 Å². The first kappa shape index (κ1) is 17.9. The van der Waals surface area contributed by atoms with E-state index in [2.05, 4.69) is 5.32 Å². The fourth-order valence-corrected chi connectivity index (χ4v) is 2.94. The number of hydrogen-bond donors (Lipinski definition) is 1. The molecule has 2 aromatic rings. The lowest BCUT2D eigenvalue weighted by Crippen LogP contribution is -2.30. The van der Waals surface area contributed by atoms with Gasteiger partial charge in [0.15, 0.2) is 0 Å². The Hall–Kier alpha value is -2.95. The van der Waals surface area contributed by atoms with E-state index >= 15 is 0 Å². The molecular formula is C21H22N2O3. The fraction of sp³-hybridized carbons (Fsp3) is 0.286. The summed E-state index contributed by atoms with van der Waals surface area (Å²) in [4.78, 5) is 38.5. The molecule has 0 spiro atoms. The molecule has 26 heavy (non-hydrogen) atoms. The van der Waals surface area contributed by atoms with Gasteiger partial charge in [-0.3, -0.25) is 19.3 Å². The van der Waals surface area contributed by atoms with Crippen molar-refractivity contribution in [2.24, 2.45) is 0 Å². The normalized spacial score (nSPS) is 13.1. The first-order valence-corrected chi connectivity index (χ1v) is 8.85. The summed E-state index contributed by atoms with van der Waals surface area (Å²) in [5.74, 6) is -0.850. The zero-order valence-electron chi connectivity index (χ0n) is 15.0. The highest BCUT2D eigenvalue weighted by molar-refractivity contribution is 6.22. The van der Waals surface area contributed by atoms with E-state index in [0.29, 0.717) is 29.8 Å². The third-order valence-corrected chi connectivity index (χ3v) is 4.54. The van der Waals surface area contributed by atoms with E-state index in [-0.39, 0.29) is 17.7 Å². The molecule has 2 aromatic carbocycles.